The van der Waals surface area contributed by atoms with Crippen LogP contribution in [0.5, 0.6) is 0 Å². The highest BCUT2D eigenvalue weighted by Gasteiger charge is 2.33. The monoisotopic (exact) mass is 472 g/mol. The van der Waals surface area contributed by atoms with E-state index in [0.717, 1.165) is 6.26 Å². The summed E-state index contributed by atoms with van der Waals surface area (Å²) in [4.78, 5) is 27.7. The summed E-state index contributed by atoms with van der Waals surface area (Å²) >= 11 is 6.15. The Kier molecular flexibility index (Phi) is 5.79. The molecule has 1 aliphatic heterocycles. The standard InChI is InChI=1S/C22H21ClN4O4S/c1-26-20-18(25-21(28)16-5-3-4-6-17(16)23)11-12-27(19(20)13-24-26)22(29)14-7-9-15(10-8-14)32(2,30)31/h3-10,13,18H,11-12H2,1-2H3,(H,25,28). The van der Waals surface area contributed by atoms with Crippen molar-refractivity contribution in [2.24, 2.45) is 7.05 Å². The van der Waals surface area contributed by atoms with Gasteiger partial charge in [-0.15, -0.1) is 0 Å². The van der Waals surface area contributed by atoms with Crippen molar-refractivity contribution in [2.75, 3.05) is 17.7 Å². The molecule has 2 amide bonds. The van der Waals surface area contributed by atoms with E-state index in [1.807, 2.05) is 0 Å². The van der Waals surface area contributed by atoms with Gasteiger partial charge in [0, 0.05) is 25.4 Å². The highest BCUT2D eigenvalue weighted by atomic mass is 35.5. The lowest BCUT2D eigenvalue weighted by Crippen LogP contribution is -2.41. The molecule has 1 unspecified atom stereocenters. The maximum Gasteiger partial charge on any atom is 0.258 e. The Hall–Kier alpha value is -3.17. The van der Waals surface area contributed by atoms with Crippen LogP contribution >= 0.6 is 11.6 Å². The third-order valence-corrected chi connectivity index (χ3v) is 6.88. The summed E-state index contributed by atoms with van der Waals surface area (Å²) in [5.74, 6) is -0.570. The van der Waals surface area contributed by atoms with Crippen LogP contribution in [0.4, 0.5) is 5.69 Å². The van der Waals surface area contributed by atoms with Gasteiger partial charge in [-0.25, -0.2) is 8.42 Å². The number of fused-ring (bicyclic) bond motifs is 1. The number of anilines is 1. The first-order valence-corrected chi connectivity index (χ1v) is 12.1. The molecule has 2 aromatic carbocycles. The molecule has 3 aromatic rings. The number of hydrogen-bond acceptors (Lipinski definition) is 5. The number of carbonyl (C=O) groups is 2. The van der Waals surface area contributed by atoms with Crippen molar-refractivity contribution in [1.82, 2.24) is 15.1 Å². The number of aromatic nitrogens is 2. The Morgan fingerprint density at radius 2 is 1.81 bits per heavy atom. The highest BCUT2D eigenvalue weighted by molar-refractivity contribution is 7.90. The number of nitrogens with zero attached hydrogens (tertiary/aromatic N) is 3. The van der Waals surface area contributed by atoms with Gasteiger partial charge in [0.15, 0.2) is 9.84 Å². The van der Waals surface area contributed by atoms with Crippen LogP contribution in [0, 0.1) is 0 Å². The van der Waals surface area contributed by atoms with Crippen LogP contribution in [0.25, 0.3) is 0 Å². The van der Waals surface area contributed by atoms with E-state index in [1.54, 1.807) is 47.1 Å². The van der Waals surface area contributed by atoms with E-state index >= 15 is 0 Å². The van der Waals surface area contributed by atoms with Gasteiger partial charge in [-0.2, -0.15) is 5.10 Å². The number of carbonyl (C=O) groups excluding carboxylic acids is 2. The van der Waals surface area contributed by atoms with Crippen LogP contribution < -0.4 is 10.2 Å². The average Bonchev–Trinajstić information content (AvgIpc) is 3.15. The van der Waals surface area contributed by atoms with Gasteiger partial charge in [-0.05, 0) is 42.8 Å². The van der Waals surface area contributed by atoms with E-state index < -0.39 is 9.84 Å². The molecule has 2 heterocycles. The topological polar surface area (TPSA) is 101 Å². The van der Waals surface area contributed by atoms with Crippen molar-refractivity contribution in [2.45, 2.75) is 17.4 Å². The van der Waals surface area contributed by atoms with Crippen LogP contribution in [0.15, 0.2) is 59.6 Å². The van der Waals surface area contributed by atoms with Gasteiger partial charge in [-0.3, -0.25) is 14.3 Å². The Morgan fingerprint density at radius 3 is 2.47 bits per heavy atom. The summed E-state index contributed by atoms with van der Waals surface area (Å²) in [6.07, 6.45) is 3.19. The number of rotatable bonds is 4. The number of halogens is 1. The van der Waals surface area contributed by atoms with Crippen LogP contribution in [0.1, 0.15) is 38.9 Å². The molecule has 0 spiro atoms. The fourth-order valence-electron chi connectivity index (χ4n) is 3.80. The summed E-state index contributed by atoms with van der Waals surface area (Å²) in [5.41, 5.74) is 2.05. The third-order valence-electron chi connectivity index (χ3n) is 5.42. The number of hydrogen-bond donors (Lipinski definition) is 1. The molecule has 1 aliphatic rings. The molecule has 1 N–H and O–H groups in total. The fraction of sp³-hybridized carbons (Fsp3) is 0.227. The zero-order chi connectivity index (χ0) is 23.0. The van der Waals surface area contributed by atoms with E-state index in [2.05, 4.69) is 10.4 Å². The SMILES string of the molecule is Cn1ncc2c1C(NC(=O)c1ccccc1Cl)CCN2C(=O)c1ccc(S(C)(=O)=O)cc1. The molecule has 0 bridgehead atoms. The predicted octanol–water partition coefficient (Wildman–Crippen LogP) is 3.00. The lowest BCUT2D eigenvalue weighted by Gasteiger charge is -2.32. The van der Waals surface area contributed by atoms with Gasteiger partial charge < -0.3 is 10.2 Å². The number of aryl methyl sites for hydroxylation is 1. The Labute approximate surface area is 190 Å². The van der Waals surface area contributed by atoms with Crippen LogP contribution in [0.2, 0.25) is 5.02 Å². The normalized spacial score (nSPS) is 15.8. The van der Waals surface area contributed by atoms with Crippen molar-refractivity contribution >= 4 is 38.9 Å². The summed E-state index contributed by atoms with van der Waals surface area (Å²) in [5, 5.41) is 7.64. The Morgan fingerprint density at radius 1 is 1.12 bits per heavy atom. The average molecular weight is 473 g/mol. The van der Waals surface area contributed by atoms with Crippen molar-refractivity contribution in [3.63, 3.8) is 0 Å². The molecule has 0 saturated heterocycles. The first-order chi connectivity index (χ1) is 15.2. The van der Waals surface area contributed by atoms with Crippen LogP contribution in [-0.2, 0) is 16.9 Å². The fourth-order valence-corrected chi connectivity index (χ4v) is 4.65. The minimum Gasteiger partial charge on any atom is -0.343 e. The second-order valence-electron chi connectivity index (χ2n) is 7.59. The number of sulfone groups is 1. The third kappa shape index (κ3) is 4.13. The number of amides is 2. The molecule has 0 fully saturated rings. The van der Waals surface area contributed by atoms with E-state index in [-0.39, 0.29) is 22.8 Å². The molecule has 0 aliphatic carbocycles. The molecule has 32 heavy (non-hydrogen) atoms. The molecule has 166 valence electrons. The highest BCUT2D eigenvalue weighted by Crippen LogP contribution is 2.34. The number of benzene rings is 2. The lowest BCUT2D eigenvalue weighted by molar-refractivity contribution is 0.0931. The van der Waals surface area contributed by atoms with E-state index in [1.165, 1.54) is 24.3 Å². The summed E-state index contributed by atoms with van der Waals surface area (Å²) in [6, 6.07) is 12.3. The van der Waals surface area contributed by atoms with Crippen molar-refractivity contribution in [3.8, 4) is 0 Å². The predicted molar refractivity (Wildman–Crippen MR) is 121 cm³/mol. The first kappa shape index (κ1) is 22.0. The molecule has 0 radical (unpaired) electrons. The molecular formula is C22H21ClN4O4S. The molecule has 8 nitrogen and oxygen atoms in total. The van der Waals surface area contributed by atoms with Gasteiger partial charge in [0.1, 0.15) is 0 Å². The molecule has 4 rings (SSSR count). The van der Waals surface area contributed by atoms with E-state index in [0.29, 0.717) is 40.5 Å². The maximum atomic E-state index is 13.2. The van der Waals surface area contributed by atoms with Gasteiger partial charge in [0.25, 0.3) is 11.8 Å². The van der Waals surface area contributed by atoms with Gasteiger partial charge >= 0.3 is 0 Å². The largest absolute Gasteiger partial charge is 0.343 e. The molecule has 10 heteroatoms. The van der Waals surface area contributed by atoms with Gasteiger partial charge in [-0.1, -0.05) is 23.7 Å². The molecular weight excluding hydrogens is 452 g/mol. The summed E-state index contributed by atoms with van der Waals surface area (Å²) in [6.45, 7) is 0.360. The lowest BCUT2D eigenvalue weighted by atomic mass is 10.0. The molecule has 0 saturated carbocycles. The zero-order valence-corrected chi connectivity index (χ0v) is 19.0. The maximum absolute atomic E-state index is 13.2. The second kappa shape index (κ2) is 8.40. The van der Waals surface area contributed by atoms with Gasteiger partial charge in [0.05, 0.1) is 39.1 Å². The van der Waals surface area contributed by atoms with E-state index in [4.69, 9.17) is 11.6 Å². The molecule has 1 aromatic heterocycles. The minimum atomic E-state index is -3.35. The quantitative estimate of drug-likeness (QED) is 0.629. The Bertz CT molecular complexity index is 1300. The summed E-state index contributed by atoms with van der Waals surface area (Å²) < 4.78 is 25.0. The number of nitrogens with one attached hydrogen (secondary N) is 1. The smallest absolute Gasteiger partial charge is 0.258 e. The van der Waals surface area contributed by atoms with Crippen LogP contribution in [0.3, 0.4) is 0 Å². The van der Waals surface area contributed by atoms with E-state index in [9.17, 15) is 18.0 Å². The molecule has 1 atom stereocenters. The Balaban J connectivity index is 1.59. The van der Waals surface area contributed by atoms with Gasteiger partial charge in [0.2, 0.25) is 0 Å². The van der Waals surface area contributed by atoms with Crippen molar-refractivity contribution in [1.29, 1.82) is 0 Å². The minimum absolute atomic E-state index is 0.150. The first-order valence-electron chi connectivity index (χ1n) is 9.86. The van der Waals surface area contributed by atoms with Crippen molar-refractivity contribution in [3.05, 3.63) is 76.6 Å². The second-order valence-corrected chi connectivity index (χ2v) is 10.0. The zero-order valence-electron chi connectivity index (χ0n) is 17.4. The van der Waals surface area contributed by atoms with Crippen LogP contribution in [-0.4, -0.2) is 42.8 Å². The van der Waals surface area contributed by atoms with Crippen molar-refractivity contribution < 1.29 is 18.0 Å². The summed E-state index contributed by atoms with van der Waals surface area (Å²) in [7, 11) is -1.60.